The fraction of sp³-hybridized carbons (Fsp3) is 0.304. The van der Waals surface area contributed by atoms with Crippen LogP contribution in [0.2, 0.25) is 0 Å². The van der Waals surface area contributed by atoms with E-state index in [0.717, 1.165) is 10.4 Å². The minimum absolute atomic E-state index is 0.0328. The zero-order chi connectivity index (χ0) is 23.0. The number of nitrogens with one attached hydrogen (secondary N) is 1. The summed E-state index contributed by atoms with van der Waals surface area (Å²) in [5, 5.41) is 14.9. The van der Waals surface area contributed by atoms with Crippen molar-refractivity contribution in [2.45, 2.75) is 32.7 Å². The van der Waals surface area contributed by atoms with E-state index in [-0.39, 0.29) is 30.4 Å². The van der Waals surface area contributed by atoms with Gasteiger partial charge in [0, 0.05) is 11.4 Å². The first-order valence-electron chi connectivity index (χ1n) is 10.3. The zero-order valence-corrected chi connectivity index (χ0v) is 17.9. The van der Waals surface area contributed by atoms with Crippen molar-refractivity contribution in [2.75, 3.05) is 13.2 Å². The number of carbonyl (C=O) groups excluding carboxylic acids is 2. The van der Waals surface area contributed by atoms with E-state index in [1.165, 1.54) is 15.7 Å². The van der Waals surface area contributed by atoms with Crippen LogP contribution < -0.4 is 21.2 Å². The number of benzene rings is 1. The summed E-state index contributed by atoms with van der Waals surface area (Å²) in [5.74, 6) is -1.92. The van der Waals surface area contributed by atoms with Crippen molar-refractivity contribution in [3.63, 3.8) is 0 Å². The van der Waals surface area contributed by atoms with Crippen LogP contribution in [0.1, 0.15) is 34.7 Å². The Hall–Kier alpha value is -3.72. The number of amides is 2. The minimum atomic E-state index is -0.899. The van der Waals surface area contributed by atoms with Crippen LogP contribution in [0.15, 0.2) is 40.2 Å². The maximum absolute atomic E-state index is 12.8. The van der Waals surface area contributed by atoms with E-state index in [9.17, 15) is 19.5 Å². The second kappa shape index (κ2) is 8.43. The van der Waals surface area contributed by atoms with E-state index in [4.69, 9.17) is 4.74 Å². The highest BCUT2D eigenvalue weighted by Crippen LogP contribution is 2.29. The molecule has 2 aromatic rings. The summed E-state index contributed by atoms with van der Waals surface area (Å²) in [6, 6.07) is 7.37. The van der Waals surface area contributed by atoms with Crippen LogP contribution in [-0.4, -0.2) is 58.5 Å². The Bertz CT molecular complexity index is 1300. The maximum atomic E-state index is 12.8. The zero-order valence-electron chi connectivity index (χ0n) is 17.9. The second-order valence-electron chi connectivity index (χ2n) is 7.73. The van der Waals surface area contributed by atoms with Gasteiger partial charge in [0.25, 0.3) is 11.8 Å². The van der Waals surface area contributed by atoms with E-state index >= 15 is 0 Å². The van der Waals surface area contributed by atoms with Crippen LogP contribution in [0.3, 0.4) is 0 Å². The average molecular weight is 436 g/mol. The van der Waals surface area contributed by atoms with Crippen LogP contribution >= 0.6 is 0 Å². The highest BCUT2D eigenvalue weighted by Gasteiger charge is 2.42. The molecule has 1 saturated heterocycles. The van der Waals surface area contributed by atoms with Crippen molar-refractivity contribution < 1.29 is 19.4 Å². The summed E-state index contributed by atoms with van der Waals surface area (Å²) in [7, 11) is 0. The number of aliphatic imine (C=N–C) groups is 1. The van der Waals surface area contributed by atoms with Gasteiger partial charge in [0.1, 0.15) is 5.56 Å². The van der Waals surface area contributed by atoms with Crippen LogP contribution in [0.4, 0.5) is 0 Å². The molecule has 1 aromatic heterocycles. The van der Waals surface area contributed by atoms with E-state index in [0.29, 0.717) is 12.3 Å². The van der Waals surface area contributed by atoms with Crippen molar-refractivity contribution >= 4 is 30.3 Å². The molecule has 1 fully saturated rings. The lowest BCUT2D eigenvalue weighted by atomic mass is 10.1. The van der Waals surface area contributed by atoms with Gasteiger partial charge in [-0.25, -0.2) is 0 Å². The fourth-order valence-corrected chi connectivity index (χ4v) is 4.14. The SMILES string of the molecule is C=N/C(CNC(=O)c1cn2c(c(O)c1=O)C(=O)N1[C@@H](C)CO[C@@H]1C2)=c1/cccc/c1=C/C. The molecule has 4 rings (SSSR count). The summed E-state index contributed by atoms with van der Waals surface area (Å²) in [5.41, 5.74) is -0.762. The first-order valence-corrected chi connectivity index (χ1v) is 10.3. The van der Waals surface area contributed by atoms with Crippen molar-refractivity contribution in [3.05, 3.63) is 62.4 Å². The normalized spacial score (nSPS) is 21.1. The first kappa shape index (κ1) is 21.5. The minimum Gasteiger partial charge on any atom is -0.503 e. The number of hydrogen-bond acceptors (Lipinski definition) is 6. The monoisotopic (exact) mass is 436 g/mol. The average Bonchev–Trinajstić information content (AvgIpc) is 3.17. The summed E-state index contributed by atoms with van der Waals surface area (Å²) in [4.78, 5) is 43.9. The number of aromatic hydroxyl groups is 1. The van der Waals surface area contributed by atoms with Gasteiger partial charge in [0.05, 0.1) is 31.4 Å². The number of hydrogen-bond donors (Lipinski definition) is 2. The topological polar surface area (TPSA) is 113 Å². The molecule has 2 amide bonds. The van der Waals surface area contributed by atoms with Crippen LogP contribution in [0, 0.1) is 0 Å². The summed E-state index contributed by atoms with van der Waals surface area (Å²) in [6.07, 6.45) is 2.71. The number of ether oxygens (including phenoxy) is 1. The third-order valence-corrected chi connectivity index (χ3v) is 5.80. The molecule has 9 heteroatoms. The van der Waals surface area contributed by atoms with Crippen LogP contribution in [-0.2, 0) is 11.3 Å². The number of fused-ring (bicyclic) bond motifs is 2. The molecule has 0 aliphatic carbocycles. The fourth-order valence-electron chi connectivity index (χ4n) is 4.14. The molecule has 32 heavy (non-hydrogen) atoms. The summed E-state index contributed by atoms with van der Waals surface area (Å²) >= 11 is 0. The van der Waals surface area contributed by atoms with Gasteiger partial charge < -0.3 is 24.6 Å². The van der Waals surface area contributed by atoms with Crippen molar-refractivity contribution in [1.29, 1.82) is 0 Å². The van der Waals surface area contributed by atoms with Gasteiger partial charge in [-0.2, -0.15) is 0 Å². The Morgan fingerprint density at radius 2 is 2.12 bits per heavy atom. The molecule has 1 aromatic carbocycles. The lowest BCUT2D eigenvalue weighted by Gasteiger charge is -2.33. The molecule has 2 aliphatic rings. The Kier molecular flexibility index (Phi) is 5.67. The third kappa shape index (κ3) is 3.50. The van der Waals surface area contributed by atoms with Gasteiger partial charge in [-0.05, 0) is 25.8 Å². The lowest BCUT2D eigenvalue weighted by molar-refractivity contribution is 0.00625. The summed E-state index contributed by atoms with van der Waals surface area (Å²) < 4.78 is 7.04. The molecule has 0 saturated carbocycles. The molecule has 0 bridgehead atoms. The number of pyridine rings is 1. The van der Waals surface area contributed by atoms with E-state index < -0.39 is 29.2 Å². The molecule has 2 aliphatic heterocycles. The summed E-state index contributed by atoms with van der Waals surface area (Å²) in [6.45, 7) is 7.93. The lowest BCUT2D eigenvalue weighted by Crippen LogP contribution is -2.49. The predicted octanol–water partition coefficient (Wildman–Crippen LogP) is -0.206. The Balaban J connectivity index is 1.66. The van der Waals surface area contributed by atoms with Gasteiger partial charge >= 0.3 is 0 Å². The molecular weight excluding hydrogens is 412 g/mol. The predicted molar refractivity (Wildman–Crippen MR) is 119 cm³/mol. The Labute approximate surface area is 184 Å². The largest absolute Gasteiger partial charge is 0.503 e. The molecule has 2 N–H and O–H groups in total. The highest BCUT2D eigenvalue weighted by molar-refractivity contribution is 5.99. The standard InChI is InChI=1S/C23H24N4O5/c1-4-14-7-5-6-8-15(14)17(24-3)9-25-22(30)16-10-26-11-18-27(13(2)12-32-18)23(31)19(26)21(29)20(16)28/h4-8,10,13,18,29H,3,9,11-12H2,1-2H3,(H,25,30)/b14-4-,17-15-/t13-,18+/m0/s1. The number of aromatic nitrogens is 1. The van der Waals surface area contributed by atoms with E-state index in [1.807, 2.05) is 44.2 Å². The van der Waals surface area contributed by atoms with Gasteiger partial charge in [0.15, 0.2) is 17.7 Å². The van der Waals surface area contributed by atoms with Crippen LogP contribution in [0.25, 0.3) is 11.8 Å². The molecule has 3 heterocycles. The Morgan fingerprint density at radius 1 is 1.38 bits per heavy atom. The molecule has 166 valence electrons. The Morgan fingerprint density at radius 3 is 2.84 bits per heavy atom. The number of carbonyl (C=O) groups is 2. The van der Waals surface area contributed by atoms with Crippen molar-refractivity contribution in [2.24, 2.45) is 4.99 Å². The smallest absolute Gasteiger partial charge is 0.276 e. The van der Waals surface area contributed by atoms with Crippen molar-refractivity contribution in [3.8, 4) is 5.75 Å². The molecule has 0 spiro atoms. The molecular formula is C23H24N4O5. The molecule has 9 nitrogen and oxygen atoms in total. The van der Waals surface area contributed by atoms with Crippen molar-refractivity contribution in [1.82, 2.24) is 14.8 Å². The highest BCUT2D eigenvalue weighted by atomic mass is 16.5. The molecule has 0 unspecified atom stereocenters. The van der Waals surface area contributed by atoms with Gasteiger partial charge in [-0.1, -0.05) is 30.3 Å². The van der Waals surface area contributed by atoms with Gasteiger partial charge in [-0.3, -0.25) is 19.4 Å². The first-order chi connectivity index (χ1) is 15.4. The maximum Gasteiger partial charge on any atom is 0.276 e. The van der Waals surface area contributed by atoms with Crippen LogP contribution in [0.5, 0.6) is 5.75 Å². The van der Waals surface area contributed by atoms with E-state index in [2.05, 4.69) is 17.0 Å². The number of rotatable bonds is 4. The number of nitrogens with zero attached hydrogens (tertiary/aromatic N) is 3. The second-order valence-corrected chi connectivity index (χ2v) is 7.73. The quantitative estimate of drug-likeness (QED) is 0.645. The van der Waals surface area contributed by atoms with E-state index in [1.54, 1.807) is 0 Å². The molecule has 2 atom stereocenters. The third-order valence-electron chi connectivity index (χ3n) is 5.80. The van der Waals surface area contributed by atoms with Gasteiger partial charge in [0.2, 0.25) is 5.43 Å². The molecule has 0 radical (unpaired) electrons. The van der Waals surface area contributed by atoms with Gasteiger partial charge in [-0.15, -0.1) is 0 Å².